The van der Waals surface area contributed by atoms with Gasteiger partial charge in [0.2, 0.25) is 0 Å². The molecule has 0 fully saturated rings. The van der Waals surface area contributed by atoms with Crippen molar-refractivity contribution in [2.24, 2.45) is 11.7 Å². The van der Waals surface area contributed by atoms with E-state index in [1.807, 2.05) is 12.1 Å². The minimum atomic E-state index is 0. The van der Waals surface area contributed by atoms with Crippen LogP contribution in [-0.4, -0.2) is 4.98 Å². The highest BCUT2D eigenvalue weighted by atomic mass is 79.9. The van der Waals surface area contributed by atoms with Crippen molar-refractivity contribution in [2.45, 2.75) is 32.7 Å². The summed E-state index contributed by atoms with van der Waals surface area (Å²) >= 11 is 3.35. The van der Waals surface area contributed by atoms with Crippen LogP contribution < -0.4 is 5.73 Å². The van der Waals surface area contributed by atoms with Crippen molar-refractivity contribution >= 4 is 28.3 Å². The van der Waals surface area contributed by atoms with Crippen LogP contribution in [0.3, 0.4) is 0 Å². The van der Waals surface area contributed by atoms with Crippen molar-refractivity contribution in [1.82, 2.24) is 4.98 Å². The minimum absolute atomic E-state index is 0. The molecule has 2 nitrogen and oxygen atoms in total. The topological polar surface area (TPSA) is 38.9 Å². The fourth-order valence-corrected chi connectivity index (χ4v) is 1.50. The molecule has 0 unspecified atom stereocenters. The third kappa shape index (κ3) is 5.50. The van der Waals surface area contributed by atoms with Crippen LogP contribution in [0, 0.1) is 5.92 Å². The lowest BCUT2D eigenvalue weighted by molar-refractivity contribution is 0.501. The van der Waals surface area contributed by atoms with Gasteiger partial charge >= 0.3 is 0 Å². The van der Waals surface area contributed by atoms with Crippen LogP contribution in [0.15, 0.2) is 22.8 Å². The molecule has 15 heavy (non-hydrogen) atoms. The maximum absolute atomic E-state index is 6.02. The molecule has 0 saturated carbocycles. The molecule has 0 aliphatic heterocycles. The van der Waals surface area contributed by atoms with Crippen LogP contribution in [0.5, 0.6) is 0 Å². The summed E-state index contributed by atoms with van der Waals surface area (Å²) < 4.78 is 0.998. The van der Waals surface area contributed by atoms with E-state index in [-0.39, 0.29) is 18.4 Å². The summed E-state index contributed by atoms with van der Waals surface area (Å²) in [6.07, 6.45) is 3.95. The number of aromatic nitrogens is 1. The van der Waals surface area contributed by atoms with Gasteiger partial charge in [0.15, 0.2) is 0 Å². The Balaban J connectivity index is 0.00000196. The second-order valence-corrected chi connectivity index (χ2v) is 4.89. The minimum Gasteiger partial charge on any atom is -0.323 e. The van der Waals surface area contributed by atoms with E-state index in [4.69, 9.17) is 5.73 Å². The van der Waals surface area contributed by atoms with Crippen LogP contribution in [-0.2, 0) is 0 Å². The van der Waals surface area contributed by atoms with Crippen LogP contribution in [0.2, 0.25) is 0 Å². The predicted molar refractivity (Wildman–Crippen MR) is 70.2 cm³/mol. The molecule has 1 rings (SSSR count). The molecule has 0 saturated heterocycles. The summed E-state index contributed by atoms with van der Waals surface area (Å²) in [4.78, 5) is 4.28. The lowest BCUT2D eigenvalue weighted by Crippen LogP contribution is -2.12. The van der Waals surface area contributed by atoms with E-state index in [0.29, 0.717) is 5.92 Å². The van der Waals surface area contributed by atoms with Crippen molar-refractivity contribution < 1.29 is 0 Å². The Morgan fingerprint density at radius 3 is 2.47 bits per heavy atom. The first kappa shape index (κ1) is 14.9. The fourth-order valence-electron chi connectivity index (χ4n) is 1.27. The van der Waals surface area contributed by atoms with Gasteiger partial charge in [-0.2, -0.15) is 0 Å². The van der Waals surface area contributed by atoms with E-state index < -0.39 is 0 Å². The first-order chi connectivity index (χ1) is 6.59. The highest BCUT2D eigenvalue weighted by molar-refractivity contribution is 9.10. The Hall–Kier alpha value is -0.120. The van der Waals surface area contributed by atoms with Crippen molar-refractivity contribution in [3.8, 4) is 0 Å². The van der Waals surface area contributed by atoms with Gasteiger partial charge in [-0.05, 0) is 46.8 Å². The quantitative estimate of drug-likeness (QED) is 0.919. The number of hydrogen-bond donors (Lipinski definition) is 1. The van der Waals surface area contributed by atoms with Gasteiger partial charge in [0, 0.05) is 16.7 Å². The van der Waals surface area contributed by atoms with Crippen LogP contribution in [0.1, 0.15) is 38.4 Å². The number of pyridine rings is 1. The molecule has 0 bridgehead atoms. The number of nitrogens with two attached hydrogens (primary N) is 1. The van der Waals surface area contributed by atoms with Crippen molar-refractivity contribution in [3.05, 3.63) is 28.5 Å². The molecule has 1 atom stereocenters. The highest BCUT2D eigenvalue weighted by Crippen LogP contribution is 2.18. The van der Waals surface area contributed by atoms with Gasteiger partial charge < -0.3 is 5.73 Å². The van der Waals surface area contributed by atoms with Gasteiger partial charge in [0.25, 0.3) is 0 Å². The molecule has 1 aromatic rings. The third-order valence-corrected chi connectivity index (χ3v) is 2.65. The number of hydrogen-bond acceptors (Lipinski definition) is 2. The average molecular weight is 294 g/mol. The molecule has 0 amide bonds. The summed E-state index contributed by atoms with van der Waals surface area (Å²) in [6.45, 7) is 4.42. The molecule has 0 aromatic carbocycles. The van der Waals surface area contributed by atoms with E-state index in [2.05, 4.69) is 34.8 Å². The Labute approximate surface area is 106 Å². The smallest absolute Gasteiger partial charge is 0.0571 e. The van der Waals surface area contributed by atoms with Crippen LogP contribution >= 0.6 is 28.3 Å². The Morgan fingerprint density at radius 2 is 2.00 bits per heavy atom. The average Bonchev–Trinajstić information content (AvgIpc) is 2.15. The molecule has 0 radical (unpaired) electrons. The SMILES string of the molecule is CC(C)CC[C@H](N)c1ccc(Br)cn1.Cl. The van der Waals surface area contributed by atoms with Crippen molar-refractivity contribution in [1.29, 1.82) is 0 Å². The van der Waals surface area contributed by atoms with Gasteiger partial charge in [-0.25, -0.2) is 0 Å². The van der Waals surface area contributed by atoms with Crippen LogP contribution in [0.4, 0.5) is 0 Å². The molecule has 1 heterocycles. The second kappa shape index (κ2) is 7.20. The van der Waals surface area contributed by atoms with Crippen molar-refractivity contribution in [3.63, 3.8) is 0 Å². The second-order valence-electron chi connectivity index (χ2n) is 3.98. The standard InChI is InChI=1S/C11H17BrN2.ClH/c1-8(2)3-5-10(13)11-6-4-9(12)7-14-11;/h4,6-8,10H,3,5,13H2,1-2H3;1H/t10-;/m0./s1. The summed E-state index contributed by atoms with van der Waals surface area (Å²) in [6, 6.07) is 4.04. The predicted octanol–water partition coefficient (Wildman–Crippen LogP) is 3.70. The zero-order chi connectivity index (χ0) is 10.6. The zero-order valence-electron chi connectivity index (χ0n) is 9.11. The molecule has 0 spiro atoms. The molecule has 4 heteroatoms. The van der Waals surface area contributed by atoms with Crippen molar-refractivity contribution in [2.75, 3.05) is 0 Å². The van der Waals surface area contributed by atoms with E-state index in [1.165, 1.54) is 0 Å². The van der Waals surface area contributed by atoms with E-state index in [0.717, 1.165) is 23.0 Å². The summed E-state index contributed by atoms with van der Waals surface area (Å²) in [5.74, 6) is 0.705. The third-order valence-electron chi connectivity index (χ3n) is 2.19. The lowest BCUT2D eigenvalue weighted by atomic mass is 10.0. The number of rotatable bonds is 4. The molecular weight excluding hydrogens is 275 g/mol. The van der Waals surface area contributed by atoms with Gasteiger partial charge in [-0.15, -0.1) is 12.4 Å². The maximum Gasteiger partial charge on any atom is 0.0571 e. The first-order valence-electron chi connectivity index (χ1n) is 4.96. The first-order valence-corrected chi connectivity index (χ1v) is 5.76. The zero-order valence-corrected chi connectivity index (χ0v) is 11.5. The van der Waals surface area contributed by atoms with E-state index in [1.54, 1.807) is 6.20 Å². The number of nitrogens with zero attached hydrogens (tertiary/aromatic N) is 1. The fraction of sp³-hybridized carbons (Fsp3) is 0.545. The number of halogens is 2. The summed E-state index contributed by atoms with van der Waals surface area (Å²) in [5, 5.41) is 0. The Bertz CT molecular complexity index is 274. The molecular formula is C11H18BrClN2. The monoisotopic (exact) mass is 292 g/mol. The van der Waals surface area contributed by atoms with Gasteiger partial charge in [0.1, 0.15) is 0 Å². The molecule has 2 N–H and O–H groups in total. The largest absolute Gasteiger partial charge is 0.323 e. The molecule has 0 aliphatic carbocycles. The molecule has 1 aromatic heterocycles. The van der Waals surface area contributed by atoms with E-state index in [9.17, 15) is 0 Å². The molecule has 0 aliphatic rings. The van der Waals surface area contributed by atoms with Gasteiger partial charge in [-0.1, -0.05) is 13.8 Å². The summed E-state index contributed by atoms with van der Waals surface area (Å²) in [7, 11) is 0. The maximum atomic E-state index is 6.02. The molecule has 86 valence electrons. The normalized spacial score (nSPS) is 12.3. The Morgan fingerprint density at radius 1 is 1.33 bits per heavy atom. The van der Waals surface area contributed by atoms with E-state index >= 15 is 0 Å². The highest BCUT2D eigenvalue weighted by Gasteiger charge is 2.07. The lowest BCUT2D eigenvalue weighted by Gasteiger charge is -2.12. The van der Waals surface area contributed by atoms with Gasteiger partial charge in [0.05, 0.1) is 5.69 Å². The van der Waals surface area contributed by atoms with Gasteiger partial charge in [-0.3, -0.25) is 4.98 Å². The van der Waals surface area contributed by atoms with Crippen LogP contribution in [0.25, 0.3) is 0 Å². The summed E-state index contributed by atoms with van der Waals surface area (Å²) in [5.41, 5.74) is 7.00. The Kier molecular flexibility index (Phi) is 7.14.